The van der Waals surface area contributed by atoms with Crippen molar-refractivity contribution in [3.05, 3.63) is 99.7 Å². The Bertz CT molecular complexity index is 1220. The predicted molar refractivity (Wildman–Crippen MR) is 136 cm³/mol. The minimum Gasteiger partial charge on any atom is -0.494 e. The molecule has 0 saturated carbocycles. The zero-order valence-electron chi connectivity index (χ0n) is 19.1. The molecule has 0 fully saturated rings. The number of aryl methyl sites for hydroxylation is 3. The number of ether oxygens (including phenoxy) is 1. The van der Waals surface area contributed by atoms with Crippen LogP contribution < -0.4 is 10.1 Å². The molecule has 0 aliphatic heterocycles. The SMILES string of the molecule is Cc1cc(OCCCc2c(C(=O)NCCc3ccccc3)[nH]c3ccccc23)cc(C)c1Cl. The number of halogens is 1. The summed E-state index contributed by atoms with van der Waals surface area (Å²) in [5.74, 6) is 0.759. The largest absolute Gasteiger partial charge is 0.494 e. The van der Waals surface area contributed by atoms with E-state index in [0.717, 1.165) is 57.6 Å². The van der Waals surface area contributed by atoms with Crippen LogP contribution in [-0.2, 0) is 12.8 Å². The number of rotatable bonds is 9. The van der Waals surface area contributed by atoms with Gasteiger partial charge in [0.05, 0.1) is 6.61 Å². The first-order valence-corrected chi connectivity index (χ1v) is 11.7. The van der Waals surface area contributed by atoms with Gasteiger partial charge < -0.3 is 15.0 Å². The molecule has 0 bridgehead atoms. The lowest BCUT2D eigenvalue weighted by molar-refractivity contribution is 0.0949. The van der Waals surface area contributed by atoms with Gasteiger partial charge in [-0.15, -0.1) is 0 Å². The molecule has 170 valence electrons. The quantitative estimate of drug-likeness (QED) is 0.283. The van der Waals surface area contributed by atoms with E-state index < -0.39 is 0 Å². The topological polar surface area (TPSA) is 54.1 Å². The monoisotopic (exact) mass is 460 g/mol. The summed E-state index contributed by atoms with van der Waals surface area (Å²) in [7, 11) is 0. The van der Waals surface area contributed by atoms with E-state index in [-0.39, 0.29) is 5.91 Å². The number of carbonyl (C=O) groups excluding carboxylic acids is 1. The average Bonchev–Trinajstić information content (AvgIpc) is 3.19. The van der Waals surface area contributed by atoms with E-state index in [1.54, 1.807) is 0 Å². The van der Waals surface area contributed by atoms with Gasteiger partial charge in [0.15, 0.2) is 0 Å². The average molecular weight is 461 g/mol. The molecule has 4 nitrogen and oxygen atoms in total. The first kappa shape index (κ1) is 22.9. The maximum Gasteiger partial charge on any atom is 0.268 e. The van der Waals surface area contributed by atoms with Crippen molar-refractivity contribution in [3.63, 3.8) is 0 Å². The number of aromatic nitrogens is 1. The summed E-state index contributed by atoms with van der Waals surface area (Å²) in [4.78, 5) is 16.3. The number of para-hydroxylation sites is 1. The number of fused-ring (bicyclic) bond motifs is 1. The number of nitrogens with one attached hydrogen (secondary N) is 2. The molecule has 1 aromatic heterocycles. The van der Waals surface area contributed by atoms with Crippen LogP contribution in [0.3, 0.4) is 0 Å². The van der Waals surface area contributed by atoms with Crippen molar-refractivity contribution in [1.82, 2.24) is 10.3 Å². The van der Waals surface area contributed by atoms with Crippen LogP contribution >= 0.6 is 11.6 Å². The molecule has 3 aromatic carbocycles. The van der Waals surface area contributed by atoms with Crippen molar-refractivity contribution in [1.29, 1.82) is 0 Å². The van der Waals surface area contributed by atoms with E-state index in [2.05, 4.69) is 28.5 Å². The number of H-pyrrole nitrogens is 1. The zero-order chi connectivity index (χ0) is 23.2. The van der Waals surface area contributed by atoms with E-state index in [1.807, 2.05) is 62.4 Å². The highest BCUT2D eigenvalue weighted by Gasteiger charge is 2.17. The summed E-state index contributed by atoms with van der Waals surface area (Å²) in [6.45, 7) is 5.12. The Morgan fingerprint density at radius 2 is 1.67 bits per heavy atom. The number of benzene rings is 3. The second-order valence-corrected chi connectivity index (χ2v) is 8.72. The smallest absolute Gasteiger partial charge is 0.268 e. The molecular formula is C28H29ClN2O2. The first-order chi connectivity index (χ1) is 16.0. The minimum absolute atomic E-state index is 0.0676. The van der Waals surface area contributed by atoms with Gasteiger partial charge in [-0.3, -0.25) is 4.79 Å². The van der Waals surface area contributed by atoms with Crippen molar-refractivity contribution in [2.75, 3.05) is 13.2 Å². The van der Waals surface area contributed by atoms with Gasteiger partial charge in [0.25, 0.3) is 5.91 Å². The highest BCUT2D eigenvalue weighted by Crippen LogP contribution is 2.27. The van der Waals surface area contributed by atoms with Gasteiger partial charge in [-0.1, -0.05) is 60.1 Å². The Labute approximate surface area is 199 Å². The highest BCUT2D eigenvalue weighted by atomic mass is 35.5. The van der Waals surface area contributed by atoms with E-state index >= 15 is 0 Å². The lowest BCUT2D eigenvalue weighted by Crippen LogP contribution is -2.27. The van der Waals surface area contributed by atoms with Gasteiger partial charge in [0.2, 0.25) is 0 Å². The molecule has 5 heteroatoms. The molecule has 0 aliphatic rings. The molecule has 0 atom stereocenters. The van der Waals surface area contributed by atoms with Crippen molar-refractivity contribution < 1.29 is 9.53 Å². The Hall–Kier alpha value is -3.24. The standard InChI is InChI=1S/C28H29ClN2O2/c1-19-17-22(18-20(2)26(19)29)33-16-8-12-24-23-11-6-7-13-25(23)31-27(24)28(32)30-15-14-21-9-4-3-5-10-21/h3-7,9-11,13,17-18,31H,8,12,14-16H2,1-2H3,(H,30,32). The highest BCUT2D eigenvalue weighted by molar-refractivity contribution is 6.32. The van der Waals surface area contributed by atoms with Crippen LogP contribution in [-0.4, -0.2) is 24.0 Å². The number of amides is 1. The molecule has 4 rings (SSSR count). The van der Waals surface area contributed by atoms with Crippen LogP contribution in [0.25, 0.3) is 10.9 Å². The normalized spacial score (nSPS) is 11.0. The third kappa shape index (κ3) is 5.58. The molecule has 2 N–H and O–H groups in total. The number of hydrogen-bond donors (Lipinski definition) is 2. The fraction of sp³-hybridized carbons (Fsp3) is 0.250. The predicted octanol–water partition coefficient (Wildman–Crippen LogP) is 6.42. The molecule has 33 heavy (non-hydrogen) atoms. The molecule has 0 saturated heterocycles. The second kappa shape index (κ2) is 10.6. The summed E-state index contributed by atoms with van der Waals surface area (Å²) < 4.78 is 5.98. The lowest BCUT2D eigenvalue weighted by Gasteiger charge is -2.11. The fourth-order valence-electron chi connectivity index (χ4n) is 4.14. The van der Waals surface area contributed by atoms with Gasteiger partial charge >= 0.3 is 0 Å². The van der Waals surface area contributed by atoms with Crippen LogP contribution in [0, 0.1) is 13.8 Å². The van der Waals surface area contributed by atoms with Crippen LogP contribution in [0.4, 0.5) is 0 Å². The molecule has 1 amide bonds. The first-order valence-electron chi connectivity index (χ1n) is 11.3. The van der Waals surface area contributed by atoms with Crippen LogP contribution in [0.2, 0.25) is 5.02 Å². The summed E-state index contributed by atoms with van der Waals surface area (Å²) in [5, 5.41) is 4.94. The maximum absolute atomic E-state index is 13.0. The molecule has 0 aliphatic carbocycles. The molecular weight excluding hydrogens is 432 g/mol. The maximum atomic E-state index is 13.0. The van der Waals surface area contributed by atoms with E-state index in [9.17, 15) is 4.79 Å². The summed E-state index contributed by atoms with van der Waals surface area (Å²) in [6.07, 6.45) is 2.35. The van der Waals surface area contributed by atoms with Crippen molar-refractivity contribution in [3.8, 4) is 5.75 Å². The fourth-order valence-corrected chi connectivity index (χ4v) is 4.24. The van der Waals surface area contributed by atoms with Crippen molar-refractivity contribution >= 4 is 28.4 Å². The lowest BCUT2D eigenvalue weighted by atomic mass is 10.0. The number of aromatic amines is 1. The molecule has 4 aromatic rings. The second-order valence-electron chi connectivity index (χ2n) is 8.34. The van der Waals surface area contributed by atoms with Crippen molar-refractivity contribution in [2.45, 2.75) is 33.1 Å². The summed E-state index contributed by atoms with van der Waals surface area (Å²) in [6, 6.07) is 22.2. The third-order valence-corrected chi connectivity index (χ3v) is 6.43. The third-order valence-electron chi connectivity index (χ3n) is 5.83. The van der Waals surface area contributed by atoms with E-state index in [0.29, 0.717) is 18.8 Å². The van der Waals surface area contributed by atoms with Gasteiger partial charge in [-0.25, -0.2) is 0 Å². The van der Waals surface area contributed by atoms with Gasteiger partial charge in [-0.05, 0) is 73.6 Å². The Morgan fingerprint density at radius 1 is 0.970 bits per heavy atom. The minimum atomic E-state index is -0.0676. The van der Waals surface area contributed by atoms with Crippen LogP contribution in [0.5, 0.6) is 5.75 Å². The van der Waals surface area contributed by atoms with E-state index in [4.69, 9.17) is 16.3 Å². The van der Waals surface area contributed by atoms with Crippen molar-refractivity contribution in [2.24, 2.45) is 0 Å². The van der Waals surface area contributed by atoms with Gasteiger partial charge in [0.1, 0.15) is 11.4 Å². The zero-order valence-corrected chi connectivity index (χ0v) is 19.8. The molecule has 0 spiro atoms. The van der Waals surface area contributed by atoms with Crippen LogP contribution in [0.1, 0.15) is 39.2 Å². The molecule has 0 radical (unpaired) electrons. The number of carbonyl (C=O) groups is 1. The molecule has 0 unspecified atom stereocenters. The Morgan fingerprint density at radius 3 is 2.42 bits per heavy atom. The van der Waals surface area contributed by atoms with Crippen LogP contribution in [0.15, 0.2) is 66.7 Å². The summed E-state index contributed by atoms with van der Waals surface area (Å²) >= 11 is 6.26. The van der Waals surface area contributed by atoms with Gasteiger partial charge in [-0.2, -0.15) is 0 Å². The summed E-state index contributed by atoms with van der Waals surface area (Å²) in [5.41, 5.74) is 5.89. The van der Waals surface area contributed by atoms with Gasteiger partial charge in [0, 0.05) is 22.5 Å². The number of hydrogen-bond acceptors (Lipinski definition) is 2. The van der Waals surface area contributed by atoms with E-state index in [1.165, 1.54) is 5.56 Å². The molecule has 1 heterocycles. The Kier molecular flexibility index (Phi) is 7.36. The Balaban J connectivity index is 1.41.